The monoisotopic (exact) mass is 493 g/mol. The second kappa shape index (κ2) is 7.67. The first kappa shape index (κ1) is 16.2. The van der Waals surface area contributed by atoms with E-state index in [0.717, 1.165) is 24.0 Å². The standard InChI is InChI=1S/C10H15N2S4.Hg/c1-3-11(9(13)14)6-5-8-7-12(4-2)10(15)16-8;/h6,8H,3-4,7H2,1-2H3,(H,13,14);/q;+1. The van der Waals surface area contributed by atoms with Gasteiger partial charge in [0.2, 0.25) is 0 Å². The Hall–Kier alpha value is 1.16. The van der Waals surface area contributed by atoms with E-state index in [9.17, 15) is 0 Å². The maximum absolute atomic E-state index is 5.36. The number of hydrogen-bond donors (Lipinski definition) is 1. The van der Waals surface area contributed by atoms with Crippen molar-refractivity contribution in [1.82, 2.24) is 9.80 Å². The molecule has 1 rings (SSSR count). The van der Waals surface area contributed by atoms with Crippen LogP contribution in [0.15, 0.2) is 9.28 Å². The molecular weight excluding hydrogens is 477 g/mol. The number of thiocarbonyl (C=S) groups is 2. The fourth-order valence-electron chi connectivity index (χ4n) is 1.52. The molecule has 0 amide bonds. The van der Waals surface area contributed by atoms with Gasteiger partial charge in [-0.2, -0.15) is 0 Å². The van der Waals surface area contributed by atoms with Crippen LogP contribution in [0.2, 0.25) is 0 Å². The summed E-state index contributed by atoms with van der Waals surface area (Å²) in [7, 11) is 0. The van der Waals surface area contributed by atoms with Gasteiger partial charge in [0, 0.05) is 0 Å². The summed E-state index contributed by atoms with van der Waals surface area (Å²) >= 11 is 17.1. The summed E-state index contributed by atoms with van der Waals surface area (Å²) in [6.45, 7) is 7.17. The van der Waals surface area contributed by atoms with Crippen LogP contribution in [0.4, 0.5) is 0 Å². The summed E-state index contributed by atoms with van der Waals surface area (Å²) in [4.78, 5) is 4.29. The molecule has 0 spiro atoms. The van der Waals surface area contributed by atoms with Crippen LogP contribution in [0.1, 0.15) is 13.8 Å². The van der Waals surface area contributed by atoms with Gasteiger partial charge in [-0.3, -0.25) is 0 Å². The molecule has 0 saturated carbocycles. The third kappa shape index (κ3) is 4.64. The fraction of sp³-hybridized carbons (Fsp3) is 0.600. The molecule has 1 aliphatic heterocycles. The molecule has 2 nitrogen and oxygen atoms in total. The van der Waals surface area contributed by atoms with Crippen LogP contribution in [0, 0.1) is 0 Å². The van der Waals surface area contributed by atoms with E-state index in [1.165, 1.54) is 3.08 Å². The second-order valence-electron chi connectivity index (χ2n) is 3.68. The van der Waals surface area contributed by atoms with E-state index in [0.29, 0.717) is 35.7 Å². The molecule has 1 aliphatic rings. The second-order valence-corrected chi connectivity index (χ2v) is 9.81. The molecule has 0 bridgehead atoms. The Kier molecular flexibility index (Phi) is 7.32. The topological polar surface area (TPSA) is 6.48 Å². The van der Waals surface area contributed by atoms with Crippen molar-refractivity contribution in [3.05, 3.63) is 9.28 Å². The van der Waals surface area contributed by atoms with Crippen LogP contribution < -0.4 is 0 Å². The molecule has 0 aromatic rings. The normalized spacial score (nSPS) is 21.0. The Morgan fingerprint density at radius 3 is 2.76 bits per heavy atom. The molecule has 0 radical (unpaired) electrons. The van der Waals surface area contributed by atoms with Crippen LogP contribution in [-0.4, -0.2) is 43.3 Å². The number of thioether (sulfide) groups is 1. The summed E-state index contributed by atoms with van der Waals surface area (Å²) in [5, 5.41) is 0.530. The Labute approximate surface area is 140 Å². The predicted octanol–water partition coefficient (Wildman–Crippen LogP) is 2.63. The first-order chi connectivity index (χ1) is 7.99. The molecule has 17 heavy (non-hydrogen) atoms. The van der Waals surface area contributed by atoms with Crippen LogP contribution in [0.25, 0.3) is 0 Å². The molecule has 0 N–H and O–H groups in total. The van der Waals surface area contributed by atoms with Crippen molar-refractivity contribution in [1.29, 1.82) is 0 Å². The van der Waals surface area contributed by atoms with Gasteiger partial charge in [0.15, 0.2) is 0 Å². The van der Waals surface area contributed by atoms with Crippen LogP contribution in [-0.2, 0) is 26.1 Å². The van der Waals surface area contributed by atoms with Crippen molar-refractivity contribution in [2.75, 3.05) is 19.6 Å². The molecule has 1 unspecified atom stereocenters. The van der Waals surface area contributed by atoms with E-state index in [2.05, 4.69) is 37.6 Å². The van der Waals surface area contributed by atoms with Crippen molar-refractivity contribution in [2.45, 2.75) is 19.1 Å². The van der Waals surface area contributed by atoms with E-state index in [-0.39, 0.29) is 0 Å². The van der Waals surface area contributed by atoms with E-state index in [1.54, 1.807) is 0 Å². The van der Waals surface area contributed by atoms with Crippen LogP contribution in [0.5, 0.6) is 0 Å². The van der Waals surface area contributed by atoms with E-state index in [1.807, 2.05) is 16.7 Å². The first-order valence-corrected chi connectivity index (χ1v) is 10.4. The average molecular weight is 492 g/mol. The Balaban J connectivity index is 2.71. The summed E-state index contributed by atoms with van der Waals surface area (Å²) in [6, 6.07) is 0. The molecule has 1 heterocycles. The maximum atomic E-state index is 5.36. The number of rotatable bonds is 4. The van der Waals surface area contributed by atoms with Gasteiger partial charge in [-0.15, -0.1) is 0 Å². The van der Waals surface area contributed by atoms with Gasteiger partial charge >= 0.3 is 141 Å². The number of hydrogen-bond acceptors (Lipinski definition) is 3. The van der Waals surface area contributed by atoms with Gasteiger partial charge in [0.25, 0.3) is 0 Å². The van der Waals surface area contributed by atoms with Crippen LogP contribution in [0.3, 0.4) is 0 Å². The summed E-state index contributed by atoms with van der Waals surface area (Å²) < 4.78 is 3.17. The molecule has 0 aromatic carbocycles. The predicted molar refractivity (Wildman–Crippen MR) is 83.3 cm³/mol. The zero-order valence-corrected chi connectivity index (χ0v) is 18.9. The Morgan fingerprint density at radius 1 is 1.71 bits per heavy atom. The summed E-state index contributed by atoms with van der Waals surface area (Å²) in [6.07, 6.45) is 2.18. The molecule has 7 heteroatoms. The Bertz CT molecular complexity index is 345. The van der Waals surface area contributed by atoms with Crippen molar-refractivity contribution in [2.24, 2.45) is 0 Å². The Morgan fingerprint density at radius 2 is 2.35 bits per heavy atom. The first-order valence-electron chi connectivity index (χ1n) is 5.48. The SMILES string of the molecule is CCN(C=[C]([Hg+])C1CN(CC)C(=S)S1)C(=S)S. The van der Waals surface area contributed by atoms with Crippen molar-refractivity contribution < 1.29 is 26.1 Å². The van der Waals surface area contributed by atoms with E-state index in [4.69, 9.17) is 24.4 Å². The minimum atomic E-state index is 0.530. The third-order valence-electron chi connectivity index (χ3n) is 2.59. The van der Waals surface area contributed by atoms with Gasteiger partial charge in [-0.1, -0.05) is 0 Å². The van der Waals surface area contributed by atoms with E-state index < -0.39 is 0 Å². The fourth-order valence-corrected chi connectivity index (χ4v) is 5.85. The van der Waals surface area contributed by atoms with Gasteiger partial charge in [-0.25, -0.2) is 0 Å². The van der Waals surface area contributed by atoms with Gasteiger partial charge < -0.3 is 0 Å². The number of nitrogens with zero attached hydrogens (tertiary/aromatic N) is 2. The zero-order chi connectivity index (χ0) is 13.0. The summed E-state index contributed by atoms with van der Waals surface area (Å²) in [5.74, 6) is 0. The van der Waals surface area contributed by atoms with Crippen molar-refractivity contribution >= 4 is 57.5 Å². The minimum absolute atomic E-state index is 0.530. The van der Waals surface area contributed by atoms with Crippen LogP contribution >= 0.6 is 48.8 Å². The summed E-state index contributed by atoms with van der Waals surface area (Å²) in [5.41, 5.74) is 0. The molecule has 1 fully saturated rings. The van der Waals surface area contributed by atoms with Gasteiger partial charge in [0.05, 0.1) is 0 Å². The van der Waals surface area contributed by atoms with E-state index >= 15 is 0 Å². The zero-order valence-electron chi connectivity index (χ0n) is 10.0. The molecule has 0 aliphatic carbocycles. The van der Waals surface area contributed by atoms with Crippen molar-refractivity contribution in [3.63, 3.8) is 0 Å². The quantitative estimate of drug-likeness (QED) is 0.366. The van der Waals surface area contributed by atoms with Gasteiger partial charge in [0.1, 0.15) is 0 Å². The third-order valence-corrected chi connectivity index (χ3v) is 8.60. The average Bonchev–Trinajstić information content (AvgIpc) is 2.66. The van der Waals surface area contributed by atoms with Gasteiger partial charge in [-0.05, 0) is 0 Å². The number of thiol groups is 1. The molecule has 1 saturated heterocycles. The van der Waals surface area contributed by atoms with Crippen molar-refractivity contribution in [3.8, 4) is 0 Å². The molecule has 1 atom stereocenters. The molecule has 0 aromatic heterocycles. The molecule has 90 valence electrons. The molecular formula is C10H15HgN2S4+.